The van der Waals surface area contributed by atoms with Crippen LogP contribution in [0.15, 0.2) is 36.5 Å². The highest BCUT2D eigenvalue weighted by Crippen LogP contribution is 2.28. The maximum absolute atomic E-state index is 11.4. The molecule has 8 nitrogen and oxygen atoms in total. The number of aromatic nitrogens is 1. The molecule has 0 unspecified atom stereocenters. The molecule has 1 aromatic carbocycles. The Morgan fingerprint density at radius 1 is 1.45 bits per heavy atom. The minimum Gasteiger partial charge on any atom is -0.473 e. The average Bonchev–Trinajstić information content (AvgIpc) is 2.89. The van der Waals surface area contributed by atoms with Crippen molar-refractivity contribution in [3.05, 3.63) is 46.6 Å². The van der Waals surface area contributed by atoms with Crippen LogP contribution in [-0.4, -0.2) is 22.7 Å². The molecule has 0 aliphatic heterocycles. The van der Waals surface area contributed by atoms with Crippen molar-refractivity contribution >= 4 is 27.5 Å². The van der Waals surface area contributed by atoms with Crippen molar-refractivity contribution in [2.45, 2.75) is 0 Å². The summed E-state index contributed by atoms with van der Waals surface area (Å²) in [5.74, 6) is 0.546. The topological polar surface area (TPSA) is 112 Å². The number of nitrogens with two attached hydrogens (primary N) is 1. The van der Waals surface area contributed by atoms with Crippen LogP contribution in [0.1, 0.15) is 0 Å². The summed E-state index contributed by atoms with van der Waals surface area (Å²) in [6.07, 6.45) is 1.07. The summed E-state index contributed by atoms with van der Waals surface area (Å²) in [5.41, 5.74) is 5.22. The monoisotopic (exact) mass is 294 g/mol. The van der Waals surface area contributed by atoms with E-state index in [0.29, 0.717) is 5.75 Å². The predicted molar refractivity (Wildman–Crippen MR) is 72.8 cm³/mol. The van der Waals surface area contributed by atoms with Gasteiger partial charge in [-0.15, -0.1) is 0 Å². The van der Waals surface area contributed by atoms with Gasteiger partial charge < -0.3 is 10.5 Å². The molecule has 0 saturated heterocycles. The van der Waals surface area contributed by atoms with Crippen LogP contribution < -0.4 is 15.4 Å². The first-order valence-electron chi connectivity index (χ1n) is 5.43. The van der Waals surface area contributed by atoms with Crippen molar-refractivity contribution in [2.75, 3.05) is 11.6 Å². The maximum Gasteiger partial charge on any atom is 0.345 e. The molecule has 0 radical (unpaired) electrons. The summed E-state index contributed by atoms with van der Waals surface area (Å²) in [6, 6.07) is 8.00. The highest BCUT2D eigenvalue weighted by atomic mass is 32.1. The number of rotatable bonds is 5. The Bertz CT molecular complexity index is 616. The zero-order valence-electron chi connectivity index (χ0n) is 10.1. The smallest absolute Gasteiger partial charge is 0.345 e. The van der Waals surface area contributed by atoms with E-state index in [1.165, 1.54) is 0 Å². The van der Waals surface area contributed by atoms with E-state index < -0.39 is 11.0 Å². The standard InChI is InChI=1S/C11H10N4O4S/c12-10(16)14(7-19-8-4-2-1-3-5-8)11-13-6-9(20-11)15(17)18/h1-6H,7H2,(H2,12,16). The molecule has 0 spiro atoms. The van der Waals surface area contributed by atoms with Gasteiger partial charge in [-0.05, 0) is 23.5 Å². The van der Waals surface area contributed by atoms with Crippen LogP contribution in [0.4, 0.5) is 14.9 Å². The van der Waals surface area contributed by atoms with Gasteiger partial charge in [-0.2, -0.15) is 0 Å². The Labute approximate surface area is 117 Å². The van der Waals surface area contributed by atoms with E-state index in [-0.39, 0.29) is 16.9 Å². The largest absolute Gasteiger partial charge is 0.473 e. The van der Waals surface area contributed by atoms with Crippen LogP contribution in [0, 0.1) is 10.1 Å². The zero-order valence-corrected chi connectivity index (χ0v) is 10.9. The third-order valence-corrected chi connectivity index (χ3v) is 3.23. The van der Waals surface area contributed by atoms with Crippen LogP contribution in [0.25, 0.3) is 0 Å². The molecule has 2 N–H and O–H groups in total. The third-order valence-electron chi connectivity index (χ3n) is 2.26. The molecule has 2 aromatic rings. The second-order valence-corrected chi connectivity index (χ2v) is 4.58. The highest BCUT2D eigenvalue weighted by Gasteiger charge is 2.20. The molecule has 0 aliphatic carbocycles. The molecule has 1 heterocycles. The lowest BCUT2D eigenvalue weighted by molar-refractivity contribution is -0.380. The molecular weight excluding hydrogens is 284 g/mol. The summed E-state index contributed by atoms with van der Waals surface area (Å²) < 4.78 is 5.38. The molecule has 0 aliphatic rings. The Morgan fingerprint density at radius 3 is 2.70 bits per heavy atom. The summed E-state index contributed by atoms with van der Waals surface area (Å²) in [5, 5.41) is 10.5. The minimum absolute atomic E-state index is 0.111. The molecule has 0 fully saturated rings. The number of urea groups is 1. The number of carbonyl (C=O) groups excluding carboxylic acids is 1. The zero-order chi connectivity index (χ0) is 14.5. The number of nitrogens with zero attached hydrogens (tertiary/aromatic N) is 3. The Kier molecular flexibility index (Phi) is 4.11. The van der Waals surface area contributed by atoms with E-state index >= 15 is 0 Å². The number of primary amides is 1. The first-order chi connectivity index (χ1) is 9.58. The van der Waals surface area contributed by atoms with Gasteiger partial charge in [-0.3, -0.25) is 10.1 Å². The molecule has 2 rings (SSSR count). The van der Waals surface area contributed by atoms with Crippen molar-refractivity contribution in [3.8, 4) is 5.75 Å². The summed E-state index contributed by atoms with van der Waals surface area (Å²) in [4.78, 5) is 26.2. The third kappa shape index (κ3) is 3.20. The number of amides is 2. The van der Waals surface area contributed by atoms with E-state index in [9.17, 15) is 14.9 Å². The quantitative estimate of drug-likeness (QED) is 0.514. The molecule has 20 heavy (non-hydrogen) atoms. The highest BCUT2D eigenvalue weighted by molar-refractivity contribution is 7.18. The fraction of sp³-hybridized carbons (Fsp3) is 0.0909. The summed E-state index contributed by atoms with van der Waals surface area (Å²) in [7, 11) is 0. The number of carbonyl (C=O) groups is 1. The first kappa shape index (κ1) is 13.7. The molecule has 0 atom stereocenters. The van der Waals surface area contributed by atoms with Gasteiger partial charge in [-0.25, -0.2) is 14.7 Å². The molecule has 9 heteroatoms. The molecule has 0 saturated carbocycles. The average molecular weight is 294 g/mol. The van der Waals surface area contributed by atoms with Crippen molar-refractivity contribution in [1.82, 2.24) is 4.98 Å². The van der Waals surface area contributed by atoms with E-state index in [2.05, 4.69) is 4.98 Å². The van der Waals surface area contributed by atoms with Gasteiger partial charge in [0.25, 0.3) is 0 Å². The molecule has 2 amide bonds. The molecule has 1 aromatic heterocycles. The first-order valence-corrected chi connectivity index (χ1v) is 6.24. The van der Waals surface area contributed by atoms with Gasteiger partial charge >= 0.3 is 11.0 Å². The van der Waals surface area contributed by atoms with Crippen molar-refractivity contribution in [3.63, 3.8) is 0 Å². The minimum atomic E-state index is -0.801. The predicted octanol–water partition coefficient (Wildman–Crippen LogP) is 1.97. The second kappa shape index (κ2) is 5.97. The van der Waals surface area contributed by atoms with Gasteiger partial charge in [0.2, 0.25) is 5.13 Å². The lowest BCUT2D eigenvalue weighted by Gasteiger charge is -2.17. The SMILES string of the molecule is NC(=O)N(COc1ccccc1)c1ncc([N+](=O)[O-])s1. The molecule has 104 valence electrons. The Hall–Kier alpha value is -2.68. The Balaban J connectivity index is 2.10. The van der Waals surface area contributed by atoms with Gasteiger partial charge in [0.15, 0.2) is 6.73 Å². The van der Waals surface area contributed by atoms with Crippen LogP contribution >= 0.6 is 11.3 Å². The van der Waals surface area contributed by atoms with Gasteiger partial charge in [-0.1, -0.05) is 18.2 Å². The number of thiazole rings is 1. The van der Waals surface area contributed by atoms with Gasteiger partial charge in [0.05, 0.1) is 4.92 Å². The van der Waals surface area contributed by atoms with Crippen LogP contribution in [0.2, 0.25) is 0 Å². The summed E-state index contributed by atoms with van der Waals surface area (Å²) >= 11 is 0.747. The lowest BCUT2D eigenvalue weighted by Crippen LogP contribution is -2.38. The second-order valence-electron chi connectivity index (χ2n) is 3.59. The number of para-hydroxylation sites is 1. The molecular formula is C11H10N4O4S. The number of benzene rings is 1. The number of hydrogen-bond acceptors (Lipinski definition) is 6. The number of anilines is 1. The number of hydrogen-bond donors (Lipinski definition) is 1. The molecule has 0 bridgehead atoms. The van der Waals surface area contributed by atoms with Crippen molar-refractivity contribution in [1.29, 1.82) is 0 Å². The van der Waals surface area contributed by atoms with Gasteiger partial charge in [0, 0.05) is 0 Å². The van der Waals surface area contributed by atoms with Crippen LogP contribution in [0.3, 0.4) is 0 Å². The summed E-state index contributed by atoms with van der Waals surface area (Å²) in [6.45, 7) is -0.177. The van der Waals surface area contributed by atoms with Crippen LogP contribution in [-0.2, 0) is 0 Å². The van der Waals surface area contributed by atoms with E-state index in [1.807, 2.05) is 6.07 Å². The Morgan fingerprint density at radius 2 is 2.15 bits per heavy atom. The van der Waals surface area contributed by atoms with Crippen molar-refractivity contribution < 1.29 is 14.5 Å². The van der Waals surface area contributed by atoms with E-state index in [1.54, 1.807) is 24.3 Å². The fourth-order valence-corrected chi connectivity index (χ4v) is 2.06. The van der Waals surface area contributed by atoms with E-state index in [0.717, 1.165) is 22.4 Å². The van der Waals surface area contributed by atoms with E-state index in [4.69, 9.17) is 10.5 Å². The number of ether oxygens (including phenoxy) is 1. The number of nitro groups is 1. The van der Waals surface area contributed by atoms with Crippen LogP contribution in [0.5, 0.6) is 5.75 Å². The normalized spacial score (nSPS) is 10.0. The maximum atomic E-state index is 11.4. The van der Waals surface area contributed by atoms with Crippen molar-refractivity contribution in [2.24, 2.45) is 5.73 Å². The fourth-order valence-electron chi connectivity index (χ4n) is 1.33. The lowest BCUT2D eigenvalue weighted by atomic mass is 10.3. The van der Waals surface area contributed by atoms with Gasteiger partial charge in [0.1, 0.15) is 11.9 Å².